The average Bonchev–Trinajstić information content (AvgIpc) is 2.65. The topological polar surface area (TPSA) is 43.4 Å². The fraction of sp³-hybridized carbons (Fsp3) is 0.600. The Hall–Kier alpha value is -1.03. The molecule has 0 radical (unpaired) electrons. The summed E-state index contributed by atoms with van der Waals surface area (Å²) in [5.41, 5.74) is 1.16. The SMILES string of the molecule is COc1cc(S(C)(=O)=O)ccc1C1CCCCCC1. The maximum absolute atomic E-state index is 11.6. The lowest BCUT2D eigenvalue weighted by atomic mass is 9.91. The van der Waals surface area contributed by atoms with Gasteiger partial charge in [-0.1, -0.05) is 31.7 Å². The first-order valence-electron chi connectivity index (χ1n) is 6.90. The van der Waals surface area contributed by atoms with Gasteiger partial charge in [0.25, 0.3) is 0 Å². The maximum atomic E-state index is 11.6. The molecule has 1 aliphatic carbocycles. The molecule has 0 heterocycles. The Balaban J connectivity index is 2.35. The number of methoxy groups -OCH3 is 1. The predicted octanol–water partition coefficient (Wildman–Crippen LogP) is 3.54. The molecule has 0 N–H and O–H groups in total. The molecule has 1 saturated carbocycles. The summed E-state index contributed by atoms with van der Waals surface area (Å²) in [4.78, 5) is 0.335. The summed E-state index contributed by atoms with van der Waals surface area (Å²) < 4.78 is 28.6. The monoisotopic (exact) mass is 282 g/mol. The zero-order valence-electron chi connectivity index (χ0n) is 11.7. The Kier molecular flexibility index (Phi) is 4.50. The highest BCUT2D eigenvalue weighted by atomic mass is 32.2. The Morgan fingerprint density at radius 1 is 1.11 bits per heavy atom. The van der Waals surface area contributed by atoms with Crippen LogP contribution in [0, 0.1) is 0 Å². The second kappa shape index (κ2) is 5.95. The van der Waals surface area contributed by atoms with Crippen molar-refractivity contribution in [3.63, 3.8) is 0 Å². The van der Waals surface area contributed by atoms with Crippen LogP contribution in [0.1, 0.15) is 50.0 Å². The minimum atomic E-state index is -3.17. The van der Waals surface area contributed by atoms with Gasteiger partial charge >= 0.3 is 0 Å². The molecule has 4 heteroatoms. The molecule has 0 saturated heterocycles. The fourth-order valence-corrected chi connectivity index (χ4v) is 3.49. The average molecular weight is 282 g/mol. The van der Waals surface area contributed by atoms with Crippen LogP contribution in [-0.2, 0) is 9.84 Å². The zero-order valence-corrected chi connectivity index (χ0v) is 12.5. The van der Waals surface area contributed by atoms with E-state index in [-0.39, 0.29) is 0 Å². The molecular weight excluding hydrogens is 260 g/mol. The van der Waals surface area contributed by atoms with Crippen molar-refractivity contribution in [2.75, 3.05) is 13.4 Å². The smallest absolute Gasteiger partial charge is 0.175 e. The van der Waals surface area contributed by atoms with Gasteiger partial charge in [-0.05, 0) is 36.5 Å². The highest BCUT2D eigenvalue weighted by Gasteiger charge is 2.20. The van der Waals surface area contributed by atoms with E-state index in [0.29, 0.717) is 10.8 Å². The molecule has 1 fully saturated rings. The van der Waals surface area contributed by atoms with Crippen LogP contribution in [0.4, 0.5) is 0 Å². The van der Waals surface area contributed by atoms with E-state index in [1.165, 1.54) is 44.8 Å². The van der Waals surface area contributed by atoms with Gasteiger partial charge in [-0.2, -0.15) is 0 Å². The van der Waals surface area contributed by atoms with E-state index in [0.717, 1.165) is 11.3 Å². The van der Waals surface area contributed by atoms with Crippen LogP contribution in [0.3, 0.4) is 0 Å². The molecule has 0 spiro atoms. The normalized spacial score (nSPS) is 18.0. The Morgan fingerprint density at radius 3 is 2.26 bits per heavy atom. The molecule has 3 nitrogen and oxygen atoms in total. The van der Waals surface area contributed by atoms with E-state index in [9.17, 15) is 8.42 Å². The van der Waals surface area contributed by atoms with E-state index in [2.05, 4.69) is 0 Å². The van der Waals surface area contributed by atoms with Crippen LogP contribution in [0.2, 0.25) is 0 Å². The summed E-state index contributed by atoms with van der Waals surface area (Å²) in [6.45, 7) is 0. The Morgan fingerprint density at radius 2 is 1.74 bits per heavy atom. The molecule has 1 aliphatic rings. The molecule has 0 aliphatic heterocycles. The standard InChI is InChI=1S/C15H22O3S/c1-18-15-11-13(19(2,16)17)9-10-14(15)12-7-5-3-4-6-8-12/h9-12H,3-8H2,1-2H3. The van der Waals surface area contributed by atoms with Crippen molar-refractivity contribution in [1.29, 1.82) is 0 Å². The predicted molar refractivity (Wildman–Crippen MR) is 76.5 cm³/mol. The molecule has 0 aromatic heterocycles. The first kappa shape index (κ1) is 14.4. The second-order valence-corrected chi connectivity index (χ2v) is 7.38. The summed E-state index contributed by atoms with van der Waals surface area (Å²) in [6.07, 6.45) is 8.69. The third-order valence-electron chi connectivity index (χ3n) is 3.93. The van der Waals surface area contributed by atoms with Crippen LogP contribution < -0.4 is 4.74 Å². The van der Waals surface area contributed by atoms with Gasteiger partial charge in [0.05, 0.1) is 12.0 Å². The number of rotatable bonds is 3. The number of benzene rings is 1. The molecular formula is C15H22O3S. The molecule has 0 bridgehead atoms. The Labute approximate surface area is 115 Å². The molecule has 106 valence electrons. The van der Waals surface area contributed by atoms with Crippen LogP contribution in [0.5, 0.6) is 5.75 Å². The number of sulfone groups is 1. The number of hydrogen-bond acceptors (Lipinski definition) is 3. The van der Waals surface area contributed by atoms with Crippen molar-refractivity contribution in [2.24, 2.45) is 0 Å². The minimum Gasteiger partial charge on any atom is -0.496 e. The number of ether oxygens (including phenoxy) is 1. The van der Waals surface area contributed by atoms with Crippen molar-refractivity contribution >= 4 is 9.84 Å². The highest BCUT2D eigenvalue weighted by Crippen LogP contribution is 2.37. The Bertz CT molecular complexity index is 526. The van der Waals surface area contributed by atoms with Crippen molar-refractivity contribution in [3.05, 3.63) is 23.8 Å². The van der Waals surface area contributed by atoms with Crippen LogP contribution in [0.25, 0.3) is 0 Å². The molecule has 0 unspecified atom stereocenters. The van der Waals surface area contributed by atoms with Gasteiger partial charge in [0.1, 0.15) is 5.75 Å². The summed E-state index contributed by atoms with van der Waals surface area (Å²) in [5.74, 6) is 1.22. The molecule has 0 amide bonds. The molecule has 2 rings (SSSR count). The van der Waals surface area contributed by atoms with E-state index >= 15 is 0 Å². The first-order chi connectivity index (χ1) is 9.02. The summed E-state index contributed by atoms with van der Waals surface area (Å²) in [7, 11) is -1.56. The van der Waals surface area contributed by atoms with Gasteiger partial charge in [-0.15, -0.1) is 0 Å². The molecule has 0 atom stereocenters. The quantitative estimate of drug-likeness (QED) is 0.796. The summed E-state index contributed by atoms with van der Waals surface area (Å²) in [5, 5.41) is 0. The largest absolute Gasteiger partial charge is 0.496 e. The van der Waals surface area contributed by atoms with Crippen LogP contribution >= 0.6 is 0 Å². The van der Waals surface area contributed by atoms with Gasteiger partial charge in [0.2, 0.25) is 0 Å². The lowest BCUT2D eigenvalue weighted by molar-refractivity contribution is 0.400. The third-order valence-corrected chi connectivity index (χ3v) is 5.04. The van der Waals surface area contributed by atoms with Gasteiger partial charge in [0.15, 0.2) is 9.84 Å². The van der Waals surface area contributed by atoms with Crippen LogP contribution in [0.15, 0.2) is 23.1 Å². The van der Waals surface area contributed by atoms with Crippen molar-refractivity contribution in [1.82, 2.24) is 0 Å². The van der Waals surface area contributed by atoms with Gasteiger partial charge in [0, 0.05) is 6.26 Å². The summed E-state index contributed by atoms with van der Waals surface area (Å²) in [6, 6.07) is 5.30. The number of hydrogen-bond donors (Lipinski definition) is 0. The van der Waals surface area contributed by atoms with E-state index in [4.69, 9.17) is 4.74 Å². The maximum Gasteiger partial charge on any atom is 0.175 e. The molecule has 1 aromatic carbocycles. The van der Waals surface area contributed by atoms with E-state index < -0.39 is 9.84 Å². The van der Waals surface area contributed by atoms with E-state index in [1.807, 2.05) is 6.07 Å². The summed E-state index contributed by atoms with van der Waals surface area (Å²) >= 11 is 0. The molecule has 19 heavy (non-hydrogen) atoms. The lowest BCUT2D eigenvalue weighted by Gasteiger charge is -2.18. The minimum absolute atomic E-state index is 0.335. The first-order valence-corrected chi connectivity index (χ1v) is 8.79. The second-order valence-electron chi connectivity index (χ2n) is 5.36. The van der Waals surface area contributed by atoms with Gasteiger partial charge in [-0.25, -0.2) is 8.42 Å². The fourth-order valence-electron chi connectivity index (χ4n) is 2.85. The van der Waals surface area contributed by atoms with Crippen molar-refractivity contribution in [3.8, 4) is 5.75 Å². The van der Waals surface area contributed by atoms with Gasteiger partial charge < -0.3 is 4.74 Å². The van der Waals surface area contributed by atoms with Gasteiger partial charge in [-0.3, -0.25) is 0 Å². The van der Waals surface area contributed by atoms with Crippen molar-refractivity contribution < 1.29 is 13.2 Å². The zero-order chi connectivity index (χ0) is 13.9. The molecule has 1 aromatic rings. The third kappa shape index (κ3) is 3.50. The van der Waals surface area contributed by atoms with E-state index in [1.54, 1.807) is 19.2 Å². The lowest BCUT2D eigenvalue weighted by Crippen LogP contribution is -2.03. The highest BCUT2D eigenvalue weighted by molar-refractivity contribution is 7.90. The van der Waals surface area contributed by atoms with Crippen LogP contribution in [-0.4, -0.2) is 21.8 Å². The van der Waals surface area contributed by atoms with Crippen molar-refractivity contribution in [2.45, 2.75) is 49.3 Å².